The quantitative estimate of drug-likeness (QED) is 0.403. The second-order valence-electron chi connectivity index (χ2n) is 8.80. The summed E-state index contributed by atoms with van der Waals surface area (Å²) in [5.74, 6) is 0. The first-order valence-electron chi connectivity index (χ1n) is 10.3. The minimum absolute atomic E-state index is 0.754. The third-order valence-electron chi connectivity index (χ3n) is 6.59. The van der Waals surface area contributed by atoms with Crippen molar-refractivity contribution in [3.63, 3.8) is 0 Å². The number of pyridine rings is 1. The second kappa shape index (κ2) is 7.98. The van der Waals surface area contributed by atoms with E-state index in [1.54, 1.807) is 0 Å². The Labute approximate surface area is 165 Å². The fourth-order valence-electron chi connectivity index (χ4n) is 5.09. The van der Waals surface area contributed by atoms with Gasteiger partial charge in [0.05, 0.1) is 19.3 Å². The van der Waals surface area contributed by atoms with Crippen molar-refractivity contribution >= 4 is 19.0 Å². The van der Waals surface area contributed by atoms with Crippen molar-refractivity contribution in [2.75, 3.05) is 0 Å². The number of fused-ring (bicyclic) bond motifs is 1. The van der Waals surface area contributed by atoms with Gasteiger partial charge in [-0.15, -0.1) is 0 Å². The highest BCUT2D eigenvalue weighted by molar-refractivity contribution is 6.83. The van der Waals surface area contributed by atoms with Gasteiger partial charge in [-0.3, -0.25) is 0 Å². The average Bonchev–Trinajstić information content (AvgIpc) is 2.65. The number of benzene rings is 2. The Morgan fingerprint density at radius 2 is 1.30 bits per heavy atom. The lowest BCUT2D eigenvalue weighted by molar-refractivity contribution is 0.798. The Hall–Kier alpha value is -1.93. The fraction of sp³-hybridized carbons (Fsp3) is 0.400. The normalized spacial score (nSPS) is 12.5. The van der Waals surface area contributed by atoms with Crippen LogP contribution in [0.1, 0.15) is 47.1 Å². The van der Waals surface area contributed by atoms with Gasteiger partial charge in [0, 0.05) is 10.9 Å². The molecule has 1 nitrogen and oxygen atoms in total. The second-order valence-corrected chi connectivity index (χ2v) is 14.8. The van der Waals surface area contributed by atoms with E-state index in [0.29, 0.717) is 0 Å². The molecule has 0 saturated carbocycles. The minimum atomic E-state index is -1.54. The summed E-state index contributed by atoms with van der Waals surface area (Å²) < 4.78 is 0. The zero-order valence-electron chi connectivity index (χ0n) is 17.7. The number of aromatic nitrogens is 1. The zero-order chi connectivity index (χ0) is 19.6. The monoisotopic (exact) mass is 375 g/mol. The summed E-state index contributed by atoms with van der Waals surface area (Å²) in [5.41, 5.74) is 7.17. The van der Waals surface area contributed by atoms with E-state index in [1.807, 2.05) is 0 Å². The van der Waals surface area contributed by atoms with E-state index in [4.69, 9.17) is 4.98 Å². The fourth-order valence-corrected chi connectivity index (χ4v) is 11.3. The summed E-state index contributed by atoms with van der Waals surface area (Å²) in [6.07, 6.45) is 0. The van der Waals surface area contributed by atoms with Gasteiger partial charge < -0.3 is 0 Å². The summed E-state index contributed by atoms with van der Waals surface area (Å²) in [6, 6.07) is 22.9. The molecule has 0 unspecified atom stereocenters. The molecule has 1 aromatic heterocycles. The van der Waals surface area contributed by atoms with Crippen molar-refractivity contribution in [3.8, 4) is 11.3 Å². The van der Waals surface area contributed by atoms with Gasteiger partial charge in [-0.05, 0) is 23.7 Å². The predicted molar refractivity (Wildman–Crippen MR) is 122 cm³/mol. The summed E-state index contributed by atoms with van der Waals surface area (Å²) >= 11 is 0. The Kier molecular flexibility index (Phi) is 5.85. The molecule has 0 spiro atoms. The number of hydrogen-bond acceptors (Lipinski definition) is 1. The topological polar surface area (TPSA) is 12.9 Å². The summed E-state index contributed by atoms with van der Waals surface area (Å²) in [4.78, 5) is 4.99. The molecule has 0 saturated heterocycles. The first kappa shape index (κ1) is 19.8. The first-order chi connectivity index (χ1) is 12.9. The molecule has 1 heterocycles. The van der Waals surface area contributed by atoms with Crippen LogP contribution in [0, 0.1) is 0 Å². The van der Waals surface area contributed by atoms with Gasteiger partial charge in [0.1, 0.15) is 0 Å². The highest BCUT2D eigenvalue weighted by atomic mass is 28.3. The average molecular weight is 376 g/mol. The molecule has 27 heavy (non-hydrogen) atoms. The van der Waals surface area contributed by atoms with Crippen LogP contribution >= 0.6 is 0 Å². The zero-order valence-corrected chi connectivity index (χ0v) is 18.7. The van der Waals surface area contributed by atoms with E-state index in [1.165, 1.54) is 22.6 Å². The van der Waals surface area contributed by atoms with Crippen LogP contribution in [0.3, 0.4) is 0 Å². The van der Waals surface area contributed by atoms with Crippen LogP contribution in [0.4, 0.5) is 0 Å². The maximum atomic E-state index is 4.99. The van der Waals surface area contributed by atoms with Gasteiger partial charge in [-0.2, -0.15) is 0 Å². The summed E-state index contributed by atoms with van der Waals surface area (Å²) in [6.45, 7) is 14.7. The van der Waals surface area contributed by atoms with Crippen LogP contribution in [0.15, 0.2) is 60.7 Å². The lowest BCUT2D eigenvalue weighted by atomic mass is 10.1. The van der Waals surface area contributed by atoms with Crippen molar-refractivity contribution in [1.82, 2.24) is 4.98 Å². The number of para-hydroxylation sites is 1. The van der Waals surface area contributed by atoms with E-state index in [0.717, 1.165) is 27.8 Å². The molecule has 0 aliphatic carbocycles. The molecule has 0 amide bonds. The third-order valence-corrected chi connectivity index (χ3v) is 14.0. The van der Waals surface area contributed by atoms with Crippen molar-refractivity contribution < 1.29 is 0 Å². The molecule has 0 aliphatic heterocycles. The van der Waals surface area contributed by atoms with Crippen LogP contribution < -0.4 is 0 Å². The number of nitrogens with zero attached hydrogens (tertiary/aromatic N) is 1. The van der Waals surface area contributed by atoms with E-state index >= 15 is 0 Å². The van der Waals surface area contributed by atoms with Crippen LogP contribution in [0.5, 0.6) is 0 Å². The van der Waals surface area contributed by atoms with Gasteiger partial charge in [0.15, 0.2) is 0 Å². The minimum Gasteiger partial charge on any atom is -0.248 e. The first-order valence-corrected chi connectivity index (χ1v) is 12.7. The van der Waals surface area contributed by atoms with Gasteiger partial charge in [0.25, 0.3) is 0 Å². The van der Waals surface area contributed by atoms with Gasteiger partial charge in [0.2, 0.25) is 0 Å². The van der Waals surface area contributed by atoms with E-state index in [2.05, 4.69) is 102 Å². The largest absolute Gasteiger partial charge is 0.248 e. The molecule has 0 bridgehead atoms. The molecule has 0 N–H and O–H groups in total. The summed E-state index contributed by atoms with van der Waals surface area (Å²) in [7, 11) is -1.54. The van der Waals surface area contributed by atoms with Crippen molar-refractivity contribution in [2.24, 2.45) is 0 Å². The smallest absolute Gasteiger partial charge is 0.0712 e. The molecular weight excluding hydrogens is 342 g/mol. The van der Waals surface area contributed by atoms with Gasteiger partial charge >= 0.3 is 0 Å². The standard InChI is InChI=1S/C25H33NSi/c1-18(2)27(19(3)4,20(5)6)17-22-16-25(21-12-8-7-9-13-21)26-24-15-11-10-14-23(22)24/h7-16,18-20H,17H2,1-6H3. The van der Waals surface area contributed by atoms with Crippen molar-refractivity contribution in [3.05, 3.63) is 66.2 Å². The van der Waals surface area contributed by atoms with Gasteiger partial charge in [-0.25, -0.2) is 4.98 Å². The lowest BCUT2D eigenvalue weighted by Gasteiger charge is -2.43. The van der Waals surface area contributed by atoms with E-state index in [-0.39, 0.29) is 0 Å². The SMILES string of the molecule is CC(C)[Si](Cc1cc(-c2ccccc2)nc2ccccc12)(C(C)C)C(C)C. The molecule has 0 radical (unpaired) electrons. The molecule has 2 heteroatoms. The van der Waals surface area contributed by atoms with E-state index < -0.39 is 8.07 Å². The molecule has 2 aromatic carbocycles. The number of hydrogen-bond donors (Lipinski definition) is 0. The maximum Gasteiger partial charge on any atom is 0.0712 e. The van der Waals surface area contributed by atoms with Crippen LogP contribution in [0.25, 0.3) is 22.2 Å². The van der Waals surface area contributed by atoms with Crippen LogP contribution in [-0.2, 0) is 6.04 Å². The molecule has 0 atom stereocenters. The van der Waals surface area contributed by atoms with Gasteiger partial charge in [-0.1, -0.05) is 107 Å². The predicted octanol–water partition coefficient (Wildman–Crippen LogP) is 7.66. The molecule has 0 aliphatic rings. The van der Waals surface area contributed by atoms with Crippen molar-refractivity contribution in [2.45, 2.75) is 64.2 Å². The number of rotatable bonds is 6. The van der Waals surface area contributed by atoms with E-state index in [9.17, 15) is 0 Å². The molecular formula is C25H33NSi. The molecule has 142 valence electrons. The molecule has 0 fully saturated rings. The third kappa shape index (κ3) is 3.73. The van der Waals surface area contributed by atoms with Crippen LogP contribution in [0.2, 0.25) is 16.6 Å². The Morgan fingerprint density at radius 1 is 0.741 bits per heavy atom. The highest BCUT2D eigenvalue weighted by Gasteiger charge is 2.42. The lowest BCUT2D eigenvalue weighted by Crippen LogP contribution is -2.47. The highest BCUT2D eigenvalue weighted by Crippen LogP contribution is 2.44. The Balaban J connectivity index is 2.20. The molecule has 3 aromatic rings. The Morgan fingerprint density at radius 3 is 1.89 bits per heavy atom. The van der Waals surface area contributed by atoms with Crippen LogP contribution in [-0.4, -0.2) is 13.1 Å². The molecule has 3 rings (SSSR count). The Bertz CT molecular complexity index is 875. The maximum absolute atomic E-state index is 4.99. The van der Waals surface area contributed by atoms with Crippen molar-refractivity contribution in [1.29, 1.82) is 0 Å². The summed E-state index contributed by atoms with van der Waals surface area (Å²) in [5, 5.41) is 1.33.